The molecule has 0 aliphatic heterocycles. The first kappa shape index (κ1) is 17.3. The van der Waals surface area contributed by atoms with Crippen LogP contribution in [0.4, 0.5) is 5.69 Å². The zero-order chi connectivity index (χ0) is 18.1. The average molecular weight is 376 g/mol. The molecule has 2 aromatic carbocycles. The Morgan fingerprint density at radius 1 is 1.04 bits per heavy atom. The number of anilines is 1. The Balaban J connectivity index is 1.81. The molecule has 0 radical (unpaired) electrons. The Morgan fingerprint density at radius 3 is 2.48 bits per heavy atom. The molecule has 0 spiro atoms. The van der Waals surface area contributed by atoms with Crippen molar-refractivity contribution in [3.63, 3.8) is 0 Å². The third-order valence-corrected chi connectivity index (χ3v) is 4.48. The minimum Gasteiger partial charge on any atom is -0.322 e. The maximum absolute atomic E-state index is 12.1. The fourth-order valence-corrected chi connectivity index (χ4v) is 3.04. The minimum absolute atomic E-state index is 0.115. The van der Waals surface area contributed by atoms with Gasteiger partial charge in [0.1, 0.15) is 0 Å². The maximum atomic E-state index is 12.1. The summed E-state index contributed by atoms with van der Waals surface area (Å²) in [6.45, 7) is 0. The summed E-state index contributed by atoms with van der Waals surface area (Å²) in [6.07, 6.45) is 3.01. The zero-order valence-corrected chi connectivity index (χ0v) is 15.1. The quantitative estimate of drug-likeness (QED) is 0.707. The van der Waals surface area contributed by atoms with Crippen LogP contribution in [0.1, 0.15) is 5.56 Å². The van der Waals surface area contributed by atoms with Crippen molar-refractivity contribution in [1.29, 1.82) is 0 Å². The molecule has 0 aliphatic carbocycles. The number of halogens is 2. The van der Waals surface area contributed by atoms with E-state index in [1.54, 1.807) is 61.1 Å². The largest absolute Gasteiger partial charge is 0.328 e. The van der Waals surface area contributed by atoms with Crippen LogP contribution in [0.25, 0.3) is 17.1 Å². The molecule has 0 saturated heterocycles. The van der Waals surface area contributed by atoms with E-state index in [4.69, 9.17) is 23.2 Å². The number of carbonyl (C=O) groups is 1. The predicted octanol–water partition coefficient (Wildman–Crippen LogP) is 3.84. The molecule has 1 N–H and O–H groups in total. The van der Waals surface area contributed by atoms with Crippen LogP contribution in [0.2, 0.25) is 10.0 Å². The molecule has 1 heterocycles. The summed E-state index contributed by atoms with van der Waals surface area (Å²) in [5.74, 6) is -0.300. The smallest absolute Gasteiger partial charge is 0.322 e. The highest BCUT2D eigenvalue weighted by atomic mass is 35.5. The summed E-state index contributed by atoms with van der Waals surface area (Å²) < 4.78 is 3.09. The number of benzene rings is 2. The lowest BCUT2D eigenvalue weighted by molar-refractivity contribution is -0.111. The molecule has 0 aliphatic rings. The van der Waals surface area contributed by atoms with Gasteiger partial charge in [-0.1, -0.05) is 29.3 Å². The van der Waals surface area contributed by atoms with Gasteiger partial charge < -0.3 is 5.32 Å². The number of aryl methyl sites for hydroxylation is 2. The summed E-state index contributed by atoms with van der Waals surface area (Å²) in [5, 5.41) is 3.78. The van der Waals surface area contributed by atoms with Crippen LogP contribution in [0.5, 0.6) is 0 Å². The van der Waals surface area contributed by atoms with Crippen LogP contribution < -0.4 is 11.0 Å². The lowest BCUT2D eigenvalue weighted by Gasteiger charge is -2.04. The van der Waals surface area contributed by atoms with E-state index < -0.39 is 0 Å². The van der Waals surface area contributed by atoms with Gasteiger partial charge in [0.25, 0.3) is 0 Å². The maximum Gasteiger partial charge on any atom is 0.328 e. The van der Waals surface area contributed by atoms with Crippen LogP contribution >= 0.6 is 23.2 Å². The van der Waals surface area contributed by atoms with Crippen molar-refractivity contribution in [2.24, 2.45) is 14.1 Å². The monoisotopic (exact) mass is 375 g/mol. The van der Waals surface area contributed by atoms with Crippen molar-refractivity contribution in [3.05, 3.63) is 68.6 Å². The number of amides is 1. The Morgan fingerprint density at radius 2 is 1.76 bits per heavy atom. The first-order valence-corrected chi connectivity index (χ1v) is 8.22. The minimum atomic E-state index is -0.300. The van der Waals surface area contributed by atoms with Gasteiger partial charge in [-0.25, -0.2) is 4.79 Å². The van der Waals surface area contributed by atoms with E-state index >= 15 is 0 Å². The van der Waals surface area contributed by atoms with Gasteiger partial charge in [-0.05, 0) is 42.0 Å². The van der Waals surface area contributed by atoms with Crippen LogP contribution in [0, 0.1) is 0 Å². The van der Waals surface area contributed by atoms with Crippen LogP contribution in [-0.2, 0) is 18.9 Å². The van der Waals surface area contributed by atoms with Crippen molar-refractivity contribution < 1.29 is 4.79 Å². The van der Waals surface area contributed by atoms with Gasteiger partial charge in [0, 0.05) is 35.9 Å². The Labute approximate surface area is 154 Å². The van der Waals surface area contributed by atoms with E-state index in [0.717, 1.165) is 11.0 Å². The van der Waals surface area contributed by atoms with Gasteiger partial charge in [0.15, 0.2) is 0 Å². The highest BCUT2D eigenvalue weighted by Gasteiger charge is 2.09. The molecule has 0 bridgehead atoms. The van der Waals surface area contributed by atoms with Crippen molar-refractivity contribution in [2.45, 2.75) is 0 Å². The molecule has 7 heteroatoms. The number of nitrogens with one attached hydrogen (secondary N) is 1. The molecule has 25 heavy (non-hydrogen) atoms. The van der Waals surface area contributed by atoms with E-state index in [1.165, 1.54) is 10.6 Å². The first-order chi connectivity index (χ1) is 11.9. The number of hydrogen-bond donors (Lipinski definition) is 1. The van der Waals surface area contributed by atoms with Crippen molar-refractivity contribution in [2.75, 3.05) is 5.32 Å². The molecule has 1 amide bonds. The van der Waals surface area contributed by atoms with Gasteiger partial charge in [0.05, 0.1) is 11.0 Å². The number of rotatable bonds is 3. The molecule has 0 atom stereocenters. The highest BCUT2D eigenvalue weighted by molar-refractivity contribution is 6.35. The van der Waals surface area contributed by atoms with Crippen molar-refractivity contribution in [1.82, 2.24) is 9.13 Å². The topological polar surface area (TPSA) is 56.0 Å². The molecule has 3 rings (SSSR count). The van der Waals surface area contributed by atoms with Crippen LogP contribution in [-0.4, -0.2) is 15.0 Å². The second-order valence-corrected chi connectivity index (χ2v) is 6.44. The number of nitrogens with zero attached hydrogens (tertiary/aromatic N) is 2. The summed E-state index contributed by atoms with van der Waals surface area (Å²) in [4.78, 5) is 24.1. The summed E-state index contributed by atoms with van der Waals surface area (Å²) in [5.41, 5.74) is 2.73. The second-order valence-electron chi connectivity index (χ2n) is 5.59. The normalized spacial score (nSPS) is 11.4. The number of fused-ring (bicyclic) bond motifs is 1. The summed E-state index contributed by atoms with van der Waals surface area (Å²) >= 11 is 11.9. The summed E-state index contributed by atoms with van der Waals surface area (Å²) in [6, 6.07) is 10.4. The molecular formula is C18H15Cl2N3O2. The van der Waals surface area contributed by atoms with Crippen molar-refractivity contribution >= 4 is 51.9 Å². The molecule has 0 unspecified atom stereocenters. The summed E-state index contributed by atoms with van der Waals surface area (Å²) in [7, 11) is 3.40. The van der Waals surface area contributed by atoms with E-state index in [-0.39, 0.29) is 11.6 Å². The number of aromatic nitrogens is 2. The SMILES string of the molecule is Cn1c(=O)n(C)c2cc(NC(=O)/C=C/c3ccc(Cl)cc3Cl)ccc21. The molecule has 128 valence electrons. The van der Waals surface area contributed by atoms with E-state index in [0.29, 0.717) is 21.3 Å². The number of hydrogen-bond acceptors (Lipinski definition) is 2. The number of carbonyl (C=O) groups excluding carboxylic acids is 1. The highest BCUT2D eigenvalue weighted by Crippen LogP contribution is 2.22. The van der Waals surface area contributed by atoms with Gasteiger partial charge in [-0.2, -0.15) is 0 Å². The van der Waals surface area contributed by atoms with Crippen LogP contribution in [0.15, 0.2) is 47.3 Å². The molecule has 1 aromatic heterocycles. The third kappa shape index (κ3) is 3.48. The molecular weight excluding hydrogens is 361 g/mol. The number of imidazole rings is 1. The third-order valence-electron chi connectivity index (χ3n) is 3.92. The van der Waals surface area contributed by atoms with Crippen molar-refractivity contribution in [3.8, 4) is 0 Å². The van der Waals surface area contributed by atoms with Gasteiger partial charge in [-0.15, -0.1) is 0 Å². The Kier molecular flexibility index (Phi) is 4.70. The molecule has 3 aromatic rings. The molecule has 0 fully saturated rings. The molecule has 0 saturated carbocycles. The first-order valence-electron chi connectivity index (χ1n) is 7.46. The van der Waals surface area contributed by atoms with Gasteiger partial charge in [0.2, 0.25) is 5.91 Å². The zero-order valence-electron chi connectivity index (χ0n) is 13.6. The molecule has 5 nitrogen and oxygen atoms in total. The predicted molar refractivity (Wildman–Crippen MR) is 102 cm³/mol. The van der Waals surface area contributed by atoms with Crippen LogP contribution in [0.3, 0.4) is 0 Å². The Bertz CT molecular complexity index is 1060. The van der Waals surface area contributed by atoms with Gasteiger partial charge in [-0.3, -0.25) is 13.9 Å². The standard InChI is InChI=1S/C18H15Cl2N3O2/c1-22-15-7-6-13(10-16(15)23(2)18(22)25)21-17(24)8-4-11-3-5-12(19)9-14(11)20/h3-10H,1-2H3,(H,21,24)/b8-4+. The fourth-order valence-electron chi connectivity index (χ4n) is 2.57. The lowest BCUT2D eigenvalue weighted by Crippen LogP contribution is -2.19. The average Bonchev–Trinajstić information content (AvgIpc) is 2.78. The second kappa shape index (κ2) is 6.78. The fraction of sp³-hybridized carbons (Fsp3) is 0.111. The van der Waals surface area contributed by atoms with Gasteiger partial charge >= 0.3 is 5.69 Å². The van der Waals surface area contributed by atoms with E-state index in [1.807, 2.05) is 0 Å². The van der Waals surface area contributed by atoms with E-state index in [2.05, 4.69) is 5.32 Å². The van der Waals surface area contributed by atoms with E-state index in [9.17, 15) is 9.59 Å². The Hall–Kier alpha value is -2.50. The lowest BCUT2D eigenvalue weighted by atomic mass is 10.2.